The molecule has 1 amide bonds. The number of aromatic nitrogens is 3. The molecule has 0 saturated heterocycles. The van der Waals surface area contributed by atoms with Crippen molar-refractivity contribution in [3.05, 3.63) is 96.9 Å². The fourth-order valence-corrected chi connectivity index (χ4v) is 3.07. The topological polar surface area (TPSA) is 143 Å². The third-order valence-electron chi connectivity index (χ3n) is 4.71. The highest BCUT2D eigenvalue weighted by Crippen LogP contribution is 2.24. The number of imidazole rings is 1. The Morgan fingerprint density at radius 3 is 2.92 bits per heavy atom. The number of hydrogen-bond donors (Lipinski definition) is 4. The van der Waals surface area contributed by atoms with Gasteiger partial charge < -0.3 is 20.8 Å². The largest absolute Gasteiger partial charge is 0.450 e. The van der Waals surface area contributed by atoms with Gasteiger partial charge in [0.15, 0.2) is 0 Å². The number of aliphatic imine (C=N–C) groups is 2. The minimum absolute atomic E-state index is 0.246. The van der Waals surface area contributed by atoms with E-state index >= 15 is 0 Å². The number of ether oxygens (including phenoxy) is 1. The summed E-state index contributed by atoms with van der Waals surface area (Å²) >= 11 is 0. The molecule has 36 heavy (non-hydrogen) atoms. The number of H-pyrrole nitrogens is 1. The van der Waals surface area contributed by atoms with Crippen molar-refractivity contribution in [1.29, 1.82) is 0 Å². The first-order valence-electron chi connectivity index (χ1n) is 11.1. The number of benzene rings is 1. The van der Waals surface area contributed by atoms with E-state index in [-0.39, 0.29) is 12.6 Å². The van der Waals surface area contributed by atoms with Crippen LogP contribution >= 0.6 is 0 Å². The summed E-state index contributed by atoms with van der Waals surface area (Å²) in [6.45, 7) is 10.0. The molecule has 10 nitrogen and oxygen atoms in total. The highest BCUT2D eigenvalue weighted by atomic mass is 16.5. The van der Waals surface area contributed by atoms with Crippen molar-refractivity contribution in [2.45, 2.75) is 13.5 Å². The van der Waals surface area contributed by atoms with Crippen LogP contribution in [0.3, 0.4) is 0 Å². The summed E-state index contributed by atoms with van der Waals surface area (Å²) in [5.74, 6) is 0.703. The maximum atomic E-state index is 11.8. The molecule has 2 heterocycles. The average Bonchev–Trinajstić information content (AvgIpc) is 3.29. The molecule has 0 atom stereocenters. The minimum Gasteiger partial charge on any atom is -0.450 e. The number of pyridine rings is 1. The van der Waals surface area contributed by atoms with Crippen LogP contribution in [-0.4, -0.2) is 40.1 Å². The lowest BCUT2D eigenvalue weighted by atomic mass is 10.0. The van der Waals surface area contributed by atoms with E-state index in [0.29, 0.717) is 29.0 Å². The summed E-state index contributed by atoms with van der Waals surface area (Å²) < 4.78 is 4.93. The summed E-state index contributed by atoms with van der Waals surface area (Å²) in [6, 6.07) is 9.39. The van der Waals surface area contributed by atoms with Gasteiger partial charge in [0, 0.05) is 42.2 Å². The van der Waals surface area contributed by atoms with Crippen molar-refractivity contribution in [3.63, 3.8) is 0 Å². The van der Waals surface area contributed by atoms with Crippen LogP contribution in [0.25, 0.3) is 16.6 Å². The number of carbonyl (C=O) groups excluding carboxylic acids is 1. The predicted octanol–water partition coefficient (Wildman–Crippen LogP) is 4.28. The van der Waals surface area contributed by atoms with Gasteiger partial charge in [-0.1, -0.05) is 25.3 Å². The standard InChI is InChI=1S/C26H28N8O2/c1-4-6-10-28-15-20-12-19(13-23-24(20)33-25(32-23)34-26(35)36-5-2)21(14-27)16-30-18(3)31-17-22-9-7-8-11-29-22/h4,6-16,31H,1,3,5,17,27H2,2H3,(H2,32,33,34,35)/b10-6-,21-14+,28-15+,30-16-. The average molecular weight is 485 g/mol. The molecular weight excluding hydrogens is 456 g/mol. The SMILES string of the molecule is C=C/C=C\N=C\c1cc(C(/C=N\C(=C)NCc2ccccn2)=C/N)cc2nc(NC(=O)OCC)[nH]c12. The zero-order valence-electron chi connectivity index (χ0n) is 19.9. The first kappa shape index (κ1) is 25.6. The molecular formula is C26H28N8O2. The van der Waals surface area contributed by atoms with Gasteiger partial charge in [0.2, 0.25) is 5.95 Å². The van der Waals surface area contributed by atoms with Crippen molar-refractivity contribution >= 4 is 41.1 Å². The Balaban J connectivity index is 1.87. The third kappa shape index (κ3) is 7.26. The number of hydrogen-bond acceptors (Lipinski definition) is 8. The number of aromatic amines is 1. The number of anilines is 1. The summed E-state index contributed by atoms with van der Waals surface area (Å²) in [5, 5.41) is 5.69. The van der Waals surface area contributed by atoms with Crippen LogP contribution in [0.15, 0.2) is 90.0 Å². The second-order valence-electron chi connectivity index (χ2n) is 7.25. The van der Waals surface area contributed by atoms with E-state index in [9.17, 15) is 4.79 Å². The lowest BCUT2D eigenvalue weighted by molar-refractivity contribution is 0.167. The third-order valence-corrected chi connectivity index (χ3v) is 4.71. The number of rotatable bonds is 11. The Morgan fingerprint density at radius 2 is 2.19 bits per heavy atom. The van der Waals surface area contributed by atoms with Crippen molar-refractivity contribution in [2.24, 2.45) is 15.7 Å². The summed E-state index contributed by atoms with van der Waals surface area (Å²) in [6.07, 6.45) is 10.8. The zero-order chi connectivity index (χ0) is 25.8. The normalized spacial score (nSPS) is 12.0. The first-order valence-corrected chi connectivity index (χ1v) is 11.1. The van der Waals surface area contributed by atoms with Crippen molar-refractivity contribution in [3.8, 4) is 0 Å². The lowest BCUT2D eigenvalue weighted by Gasteiger charge is -2.07. The molecule has 5 N–H and O–H groups in total. The van der Waals surface area contributed by atoms with E-state index in [1.807, 2.05) is 30.3 Å². The highest BCUT2D eigenvalue weighted by Gasteiger charge is 2.12. The first-order chi connectivity index (χ1) is 17.5. The van der Waals surface area contributed by atoms with E-state index < -0.39 is 6.09 Å². The number of nitrogens with one attached hydrogen (secondary N) is 3. The maximum absolute atomic E-state index is 11.8. The van der Waals surface area contributed by atoms with Gasteiger partial charge in [0.25, 0.3) is 0 Å². The number of nitrogens with zero attached hydrogens (tertiary/aromatic N) is 4. The van der Waals surface area contributed by atoms with E-state index in [1.54, 1.807) is 43.9 Å². The number of allylic oxidation sites excluding steroid dienone is 3. The number of amides is 1. The van der Waals surface area contributed by atoms with Crippen molar-refractivity contribution in [1.82, 2.24) is 20.3 Å². The molecule has 0 aliphatic carbocycles. The molecule has 0 radical (unpaired) electrons. The van der Waals surface area contributed by atoms with Crippen LogP contribution in [0.4, 0.5) is 10.7 Å². The molecule has 0 bridgehead atoms. The number of carbonyl (C=O) groups is 1. The predicted molar refractivity (Wildman–Crippen MR) is 145 cm³/mol. The van der Waals surface area contributed by atoms with Gasteiger partial charge in [0.1, 0.15) is 5.82 Å². The molecule has 0 saturated carbocycles. The Morgan fingerprint density at radius 1 is 1.33 bits per heavy atom. The molecule has 1 aromatic carbocycles. The molecule has 3 aromatic rings. The smallest absolute Gasteiger partial charge is 0.413 e. The van der Waals surface area contributed by atoms with Gasteiger partial charge in [-0.25, -0.2) is 14.8 Å². The molecule has 10 heteroatoms. The zero-order valence-corrected chi connectivity index (χ0v) is 19.9. The molecule has 0 unspecified atom stereocenters. The second-order valence-corrected chi connectivity index (χ2v) is 7.25. The van der Waals surface area contributed by atoms with Crippen LogP contribution in [-0.2, 0) is 11.3 Å². The molecule has 2 aromatic heterocycles. The summed E-state index contributed by atoms with van der Waals surface area (Å²) in [7, 11) is 0. The Hall–Kier alpha value is -4.99. The summed E-state index contributed by atoms with van der Waals surface area (Å²) in [4.78, 5) is 32.3. The molecule has 184 valence electrons. The van der Waals surface area contributed by atoms with Gasteiger partial charge in [-0.15, -0.1) is 0 Å². The monoisotopic (exact) mass is 484 g/mol. The van der Waals surface area contributed by atoms with E-state index in [1.165, 1.54) is 6.20 Å². The summed E-state index contributed by atoms with van der Waals surface area (Å²) in [5.41, 5.74) is 10.2. The molecule has 0 aliphatic heterocycles. The van der Waals surface area contributed by atoms with Crippen LogP contribution < -0.4 is 16.4 Å². The van der Waals surface area contributed by atoms with Crippen molar-refractivity contribution in [2.75, 3.05) is 11.9 Å². The van der Waals surface area contributed by atoms with Crippen LogP contribution in [0.1, 0.15) is 23.7 Å². The van der Waals surface area contributed by atoms with Gasteiger partial charge in [-0.3, -0.25) is 15.3 Å². The van der Waals surface area contributed by atoms with Crippen LogP contribution in [0.2, 0.25) is 0 Å². The van der Waals surface area contributed by atoms with Crippen molar-refractivity contribution < 1.29 is 9.53 Å². The molecule has 0 fully saturated rings. The number of nitrogens with two attached hydrogens (primary N) is 1. The van der Waals surface area contributed by atoms with E-state index in [0.717, 1.165) is 16.8 Å². The fourth-order valence-electron chi connectivity index (χ4n) is 3.07. The maximum Gasteiger partial charge on any atom is 0.413 e. The lowest BCUT2D eigenvalue weighted by Crippen LogP contribution is -2.14. The Labute approximate surface area is 209 Å². The quantitative estimate of drug-likeness (QED) is 0.236. The van der Waals surface area contributed by atoms with E-state index in [4.69, 9.17) is 10.5 Å². The van der Waals surface area contributed by atoms with Gasteiger partial charge in [-0.2, -0.15) is 0 Å². The van der Waals surface area contributed by atoms with Crippen LogP contribution in [0.5, 0.6) is 0 Å². The van der Waals surface area contributed by atoms with E-state index in [2.05, 4.69) is 48.7 Å². The van der Waals surface area contributed by atoms with Crippen LogP contribution in [0, 0.1) is 0 Å². The Kier molecular flexibility index (Phi) is 9.28. The fraction of sp³-hybridized carbons (Fsp3) is 0.115. The highest BCUT2D eigenvalue weighted by molar-refractivity contribution is 6.12. The second kappa shape index (κ2) is 13.0. The molecule has 3 rings (SSSR count). The number of fused-ring (bicyclic) bond motifs is 1. The minimum atomic E-state index is -0.604. The van der Waals surface area contributed by atoms with Gasteiger partial charge in [-0.05, 0) is 42.8 Å². The molecule has 0 aliphatic rings. The van der Waals surface area contributed by atoms with Gasteiger partial charge in [0.05, 0.1) is 29.9 Å². The van der Waals surface area contributed by atoms with Gasteiger partial charge >= 0.3 is 6.09 Å². The Bertz CT molecular complexity index is 1340. The molecule has 0 spiro atoms.